The van der Waals surface area contributed by atoms with Crippen molar-refractivity contribution in [2.75, 3.05) is 20.1 Å². The average Bonchev–Trinajstić information content (AvgIpc) is 2.29. The predicted octanol–water partition coefficient (Wildman–Crippen LogP) is 3.28. The van der Waals surface area contributed by atoms with Crippen LogP contribution >= 0.6 is 0 Å². The second kappa shape index (κ2) is 8.10. The van der Waals surface area contributed by atoms with Gasteiger partial charge in [0.15, 0.2) is 0 Å². The van der Waals surface area contributed by atoms with E-state index in [1.54, 1.807) is 0 Å². The molecule has 0 amide bonds. The Morgan fingerprint density at radius 1 is 1.29 bits per heavy atom. The number of rotatable bonds is 7. The van der Waals surface area contributed by atoms with Crippen LogP contribution in [-0.2, 0) is 0 Å². The largest absolute Gasteiger partial charge is 0.313 e. The Morgan fingerprint density at radius 3 is 2.65 bits per heavy atom. The van der Waals surface area contributed by atoms with E-state index < -0.39 is 0 Å². The Hall–Kier alpha value is -0.0800. The van der Waals surface area contributed by atoms with Gasteiger partial charge < -0.3 is 10.2 Å². The van der Waals surface area contributed by atoms with Crippen molar-refractivity contribution in [3.05, 3.63) is 0 Å². The lowest BCUT2D eigenvalue weighted by atomic mass is 9.86. The molecule has 102 valence electrons. The van der Waals surface area contributed by atoms with Crippen LogP contribution in [0.4, 0.5) is 0 Å². The van der Waals surface area contributed by atoms with E-state index in [9.17, 15) is 0 Å². The van der Waals surface area contributed by atoms with Crippen molar-refractivity contribution in [1.29, 1.82) is 0 Å². The Bertz CT molecular complexity index is 187. The Morgan fingerprint density at radius 2 is 2.06 bits per heavy atom. The third-order valence-electron chi connectivity index (χ3n) is 4.17. The van der Waals surface area contributed by atoms with Gasteiger partial charge in [0.1, 0.15) is 0 Å². The smallest absolute Gasteiger partial charge is 0.0194 e. The molecule has 1 fully saturated rings. The average molecular weight is 240 g/mol. The van der Waals surface area contributed by atoms with Crippen molar-refractivity contribution in [1.82, 2.24) is 10.2 Å². The number of hydrogen-bond donors (Lipinski definition) is 1. The minimum atomic E-state index is 0.687. The van der Waals surface area contributed by atoms with E-state index in [1.807, 2.05) is 0 Å². The fraction of sp³-hybridized carbons (Fsp3) is 1.00. The molecule has 0 radical (unpaired) electrons. The highest BCUT2D eigenvalue weighted by molar-refractivity contribution is 4.80. The Labute approximate surface area is 108 Å². The molecule has 2 heteroatoms. The third kappa shape index (κ3) is 5.39. The molecule has 3 atom stereocenters. The van der Waals surface area contributed by atoms with Crippen LogP contribution in [0.15, 0.2) is 0 Å². The van der Waals surface area contributed by atoms with Gasteiger partial charge in [-0.25, -0.2) is 0 Å². The van der Waals surface area contributed by atoms with Crippen LogP contribution in [0, 0.1) is 5.92 Å². The topological polar surface area (TPSA) is 15.3 Å². The van der Waals surface area contributed by atoms with E-state index in [2.05, 4.69) is 38.0 Å². The van der Waals surface area contributed by atoms with E-state index in [0.29, 0.717) is 6.04 Å². The molecular formula is C15H32N2. The first-order valence-corrected chi connectivity index (χ1v) is 7.60. The molecule has 1 N–H and O–H groups in total. The molecule has 0 spiro atoms. The van der Waals surface area contributed by atoms with Gasteiger partial charge in [0.05, 0.1) is 0 Å². The second-order valence-electron chi connectivity index (χ2n) is 5.91. The minimum Gasteiger partial charge on any atom is -0.313 e. The monoisotopic (exact) mass is 240 g/mol. The fourth-order valence-corrected chi connectivity index (χ4v) is 3.19. The van der Waals surface area contributed by atoms with Gasteiger partial charge in [0.2, 0.25) is 0 Å². The van der Waals surface area contributed by atoms with Crippen LogP contribution in [0.1, 0.15) is 59.3 Å². The molecule has 1 aliphatic rings. The van der Waals surface area contributed by atoms with Crippen molar-refractivity contribution in [3.63, 3.8) is 0 Å². The molecule has 17 heavy (non-hydrogen) atoms. The standard InChI is InChI=1S/C15H32N2/c1-5-8-14(16-6-2)12-17(4)15-10-7-9-13(3)11-15/h13-16H,5-12H2,1-4H3. The van der Waals surface area contributed by atoms with Gasteiger partial charge in [-0.15, -0.1) is 0 Å². The van der Waals surface area contributed by atoms with E-state index >= 15 is 0 Å². The van der Waals surface area contributed by atoms with Crippen LogP contribution in [0.3, 0.4) is 0 Å². The summed E-state index contributed by atoms with van der Waals surface area (Å²) in [5, 5.41) is 3.62. The molecular weight excluding hydrogens is 208 g/mol. The van der Waals surface area contributed by atoms with Gasteiger partial charge in [-0.3, -0.25) is 0 Å². The van der Waals surface area contributed by atoms with E-state index in [-0.39, 0.29) is 0 Å². The molecule has 0 aromatic carbocycles. The molecule has 0 aromatic rings. The molecule has 0 aliphatic heterocycles. The Balaban J connectivity index is 2.36. The lowest BCUT2D eigenvalue weighted by Gasteiger charge is -2.36. The zero-order chi connectivity index (χ0) is 12.7. The summed E-state index contributed by atoms with van der Waals surface area (Å²) >= 11 is 0. The van der Waals surface area contributed by atoms with Crippen LogP contribution in [-0.4, -0.2) is 37.1 Å². The van der Waals surface area contributed by atoms with Gasteiger partial charge in [0, 0.05) is 18.6 Å². The number of nitrogens with zero attached hydrogens (tertiary/aromatic N) is 1. The zero-order valence-corrected chi connectivity index (χ0v) is 12.3. The first-order valence-electron chi connectivity index (χ1n) is 7.60. The summed E-state index contributed by atoms with van der Waals surface area (Å²) in [7, 11) is 2.32. The molecule has 1 saturated carbocycles. The molecule has 0 saturated heterocycles. The van der Waals surface area contributed by atoms with Crippen LogP contribution < -0.4 is 5.32 Å². The van der Waals surface area contributed by atoms with Gasteiger partial charge in [-0.2, -0.15) is 0 Å². The highest BCUT2D eigenvalue weighted by Gasteiger charge is 2.23. The summed E-state index contributed by atoms with van der Waals surface area (Å²) in [5.74, 6) is 0.931. The number of nitrogens with one attached hydrogen (secondary N) is 1. The maximum atomic E-state index is 3.62. The summed E-state index contributed by atoms with van der Waals surface area (Å²) in [6, 6.07) is 1.52. The lowest BCUT2D eigenvalue weighted by Crippen LogP contribution is -2.44. The van der Waals surface area contributed by atoms with Gasteiger partial charge >= 0.3 is 0 Å². The maximum Gasteiger partial charge on any atom is 0.0194 e. The minimum absolute atomic E-state index is 0.687. The summed E-state index contributed by atoms with van der Waals surface area (Å²) in [4.78, 5) is 2.61. The molecule has 3 unspecified atom stereocenters. The first-order chi connectivity index (χ1) is 8.17. The summed E-state index contributed by atoms with van der Waals surface area (Å²) in [6.45, 7) is 9.23. The van der Waals surface area contributed by atoms with Crippen molar-refractivity contribution in [3.8, 4) is 0 Å². The molecule has 1 rings (SSSR count). The predicted molar refractivity (Wildman–Crippen MR) is 76.4 cm³/mol. The Kier molecular flexibility index (Phi) is 7.14. The van der Waals surface area contributed by atoms with Crippen LogP contribution in [0.5, 0.6) is 0 Å². The quantitative estimate of drug-likeness (QED) is 0.735. The molecule has 0 bridgehead atoms. The molecule has 0 aromatic heterocycles. The maximum absolute atomic E-state index is 3.62. The molecule has 2 nitrogen and oxygen atoms in total. The van der Waals surface area contributed by atoms with E-state index in [1.165, 1.54) is 45.1 Å². The van der Waals surface area contributed by atoms with Crippen LogP contribution in [0.25, 0.3) is 0 Å². The lowest BCUT2D eigenvalue weighted by molar-refractivity contribution is 0.149. The highest BCUT2D eigenvalue weighted by atomic mass is 15.2. The highest BCUT2D eigenvalue weighted by Crippen LogP contribution is 2.26. The van der Waals surface area contributed by atoms with Crippen molar-refractivity contribution in [2.24, 2.45) is 5.92 Å². The number of likely N-dealkylation sites (N-methyl/N-ethyl adjacent to an activating group) is 2. The normalized spacial score (nSPS) is 27.4. The van der Waals surface area contributed by atoms with Gasteiger partial charge in [0.25, 0.3) is 0 Å². The van der Waals surface area contributed by atoms with Gasteiger partial charge in [-0.05, 0) is 38.8 Å². The summed E-state index contributed by atoms with van der Waals surface area (Å²) < 4.78 is 0. The SMILES string of the molecule is CCCC(CN(C)C1CCCC(C)C1)NCC. The van der Waals surface area contributed by atoms with Crippen molar-refractivity contribution >= 4 is 0 Å². The zero-order valence-electron chi connectivity index (χ0n) is 12.3. The summed E-state index contributed by atoms with van der Waals surface area (Å²) in [6.07, 6.45) is 8.27. The number of hydrogen-bond acceptors (Lipinski definition) is 2. The van der Waals surface area contributed by atoms with Crippen LogP contribution in [0.2, 0.25) is 0 Å². The van der Waals surface area contributed by atoms with Crippen molar-refractivity contribution in [2.45, 2.75) is 71.4 Å². The van der Waals surface area contributed by atoms with Gasteiger partial charge in [-0.1, -0.05) is 40.0 Å². The van der Waals surface area contributed by atoms with E-state index in [0.717, 1.165) is 18.5 Å². The molecule has 0 heterocycles. The second-order valence-corrected chi connectivity index (χ2v) is 5.91. The first kappa shape index (κ1) is 15.0. The summed E-state index contributed by atoms with van der Waals surface area (Å²) in [5.41, 5.74) is 0. The molecule has 1 aliphatic carbocycles. The van der Waals surface area contributed by atoms with Crippen molar-refractivity contribution < 1.29 is 0 Å². The fourth-order valence-electron chi connectivity index (χ4n) is 3.19. The van der Waals surface area contributed by atoms with E-state index in [4.69, 9.17) is 0 Å². The third-order valence-corrected chi connectivity index (χ3v) is 4.17.